The first-order valence-corrected chi connectivity index (χ1v) is 8.82. The van der Waals surface area contributed by atoms with Crippen molar-refractivity contribution in [3.63, 3.8) is 0 Å². The van der Waals surface area contributed by atoms with Gasteiger partial charge in [-0.1, -0.05) is 0 Å². The van der Waals surface area contributed by atoms with E-state index in [4.69, 9.17) is 4.74 Å². The first-order valence-electron chi connectivity index (χ1n) is 8.82. The zero-order valence-electron chi connectivity index (χ0n) is 16.2. The molecule has 0 atom stereocenters. The molecule has 1 aromatic heterocycles. The summed E-state index contributed by atoms with van der Waals surface area (Å²) in [5, 5.41) is 10.3. The van der Waals surface area contributed by atoms with E-state index in [9.17, 15) is 14.4 Å². The average Bonchev–Trinajstić information content (AvgIpc) is 3.20. The summed E-state index contributed by atoms with van der Waals surface area (Å²) >= 11 is 0. The van der Waals surface area contributed by atoms with Gasteiger partial charge in [0.15, 0.2) is 5.82 Å². The molecule has 148 valence electrons. The molecule has 1 aromatic carbocycles. The molecule has 2 N–H and O–H groups in total. The van der Waals surface area contributed by atoms with Crippen molar-refractivity contribution in [1.82, 2.24) is 15.1 Å². The lowest BCUT2D eigenvalue weighted by Gasteiger charge is -2.20. The van der Waals surface area contributed by atoms with Crippen molar-refractivity contribution in [1.29, 1.82) is 0 Å². The molecule has 1 aliphatic heterocycles. The van der Waals surface area contributed by atoms with Crippen molar-refractivity contribution in [3.8, 4) is 0 Å². The number of carbonyl (C=O) groups is 3. The van der Waals surface area contributed by atoms with Crippen LogP contribution in [0.4, 0.5) is 10.6 Å². The molecular formula is C19H22N4O5. The summed E-state index contributed by atoms with van der Waals surface area (Å²) in [5.74, 6) is -0.591. The molecule has 3 rings (SSSR count). The van der Waals surface area contributed by atoms with Crippen LogP contribution in [-0.2, 0) is 21.6 Å². The second-order valence-corrected chi connectivity index (χ2v) is 6.79. The van der Waals surface area contributed by atoms with Crippen molar-refractivity contribution in [2.75, 3.05) is 19.0 Å². The Hall–Kier alpha value is -3.20. The molecule has 0 radical (unpaired) electrons. The number of aromatic nitrogens is 2. The Kier molecular flexibility index (Phi) is 5.19. The molecule has 0 bridgehead atoms. The van der Waals surface area contributed by atoms with E-state index >= 15 is 0 Å². The van der Waals surface area contributed by atoms with Crippen molar-refractivity contribution >= 4 is 23.8 Å². The highest BCUT2D eigenvalue weighted by molar-refractivity contribution is 6.05. The van der Waals surface area contributed by atoms with E-state index in [2.05, 4.69) is 20.5 Å². The van der Waals surface area contributed by atoms with E-state index in [0.29, 0.717) is 29.2 Å². The summed E-state index contributed by atoms with van der Waals surface area (Å²) in [6.07, 6.45) is -0.599. The van der Waals surface area contributed by atoms with Gasteiger partial charge in [0.05, 0.1) is 30.5 Å². The van der Waals surface area contributed by atoms with Crippen LogP contribution in [0, 0.1) is 0 Å². The van der Waals surface area contributed by atoms with Crippen LogP contribution in [0.3, 0.4) is 0 Å². The smallest absolute Gasteiger partial charge is 0.435 e. The van der Waals surface area contributed by atoms with E-state index in [0.717, 1.165) is 5.56 Å². The molecule has 0 fully saturated rings. The fourth-order valence-electron chi connectivity index (χ4n) is 3.13. The predicted molar refractivity (Wildman–Crippen MR) is 100 cm³/mol. The fourth-order valence-corrected chi connectivity index (χ4v) is 3.13. The highest BCUT2D eigenvalue weighted by Crippen LogP contribution is 2.35. The molecule has 2 aromatic rings. The highest BCUT2D eigenvalue weighted by Gasteiger charge is 2.39. The number of nitrogens with one attached hydrogen (secondary N) is 2. The van der Waals surface area contributed by atoms with E-state index in [1.54, 1.807) is 6.92 Å². The van der Waals surface area contributed by atoms with Crippen LogP contribution in [-0.4, -0.2) is 41.5 Å². The minimum atomic E-state index is -0.599. The van der Waals surface area contributed by atoms with Crippen molar-refractivity contribution in [2.45, 2.75) is 32.9 Å². The number of amides is 1. The topological polar surface area (TPSA) is 112 Å². The van der Waals surface area contributed by atoms with Gasteiger partial charge in [0.1, 0.15) is 0 Å². The Balaban J connectivity index is 1.88. The second kappa shape index (κ2) is 7.43. The molecule has 0 spiro atoms. The summed E-state index contributed by atoms with van der Waals surface area (Å²) in [4.78, 5) is 36.4. The summed E-state index contributed by atoms with van der Waals surface area (Å²) < 4.78 is 10.9. The number of nitrogens with zero attached hydrogens (tertiary/aromatic N) is 2. The number of ether oxygens (including phenoxy) is 2. The molecule has 1 aliphatic rings. The summed E-state index contributed by atoms with van der Waals surface area (Å²) in [6.45, 7) is 6.24. The summed E-state index contributed by atoms with van der Waals surface area (Å²) in [6, 6.07) is 6.05. The molecule has 0 saturated carbocycles. The maximum absolute atomic E-state index is 12.6. The number of hydrogen-bond donors (Lipinski definition) is 2. The van der Waals surface area contributed by atoms with Gasteiger partial charge >= 0.3 is 12.1 Å². The predicted octanol–water partition coefficient (Wildman–Crippen LogP) is 2.26. The number of benzene rings is 1. The van der Waals surface area contributed by atoms with Crippen molar-refractivity contribution in [3.05, 3.63) is 46.6 Å². The van der Waals surface area contributed by atoms with Crippen LogP contribution in [0.1, 0.15) is 52.7 Å². The maximum atomic E-state index is 12.6. The summed E-state index contributed by atoms with van der Waals surface area (Å²) in [7, 11) is 1.29. The third kappa shape index (κ3) is 3.48. The highest BCUT2D eigenvalue weighted by atomic mass is 16.6. The van der Waals surface area contributed by atoms with Crippen LogP contribution in [0.5, 0.6) is 0 Å². The Labute approximate surface area is 162 Å². The third-order valence-electron chi connectivity index (χ3n) is 4.52. The molecule has 9 nitrogen and oxygen atoms in total. The van der Waals surface area contributed by atoms with Gasteiger partial charge in [-0.3, -0.25) is 4.79 Å². The SMILES string of the molecule is CCOC(=O)n1nc(NC(=O)c2ccc(C(=O)OC)cc2)c2c1C(C)(C)NC2. The van der Waals surface area contributed by atoms with Crippen molar-refractivity contribution in [2.24, 2.45) is 0 Å². The lowest BCUT2D eigenvalue weighted by molar-refractivity contribution is 0.0600. The van der Waals surface area contributed by atoms with Gasteiger partial charge in [-0.05, 0) is 45.0 Å². The van der Waals surface area contributed by atoms with Crippen LogP contribution in [0.15, 0.2) is 24.3 Å². The van der Waals surface area contributed by atoms with Crippen molar-refractivity contribution < 1.29 is 23.9 Å². The van der Waals surface area contributed by atoms with E-state index in [1.165, 1.54) is 36.1 Å². The Morgan fingerprint density at radius 2 is 1.86 bits per heavy atom. The molecule has 28 heavy (non-hydrogen) atoms. The minimum absolute atomic E-state index is 0.218. The Bertz CT molecular complexity index is 931. The first-order chi connectivity index (χ1) is 13.3. The zero-order chi connectivity index (χ0) is 20.5. The van der Waals surface area contributed by atoms with Gasteiger partial charge in [0, 0.05) is 17.7 Å². The van der Waals surface area contributed by atoms with Gasteiger partial charge < -0.3 is 20.1 Å². The molecule has 2 heterocycles. The van der Waals surface area contributed by atoms with Crippen LogP contribution < -0.4 is 10.6 Å². The Morgan fingerprint density at radius 1 is 1.21 bits per heavy atom. The molecule has 1 amide bonds. The fraction of sp³-hybridized carbons (Fsp3) is 0.368. The number of anilines is 1. The largest absolute Gasteiger partial charge is 0.465 e. The van der Waals surface area contributed by atoms with Gasteiger partial charge in [-0.2, -0.15) is 4.68 Å². The van der Waals surface area contributed by atoms with Crippen LogP contribution in [0.2, 0.25) is 0 Å². The average molecular weight is 386 g/mol. The Morgan fingerprint density at radius 3 is 2.46 bits per heavy atom. The quantitative estimate of drug-likeness (QED) is 0.775. The number of methoxy groups -OCH3 is 1. The van der Waals surface area contributed by atoms with Gasteiger partial charge in [0.2, 0.25) is 0 Å². The van der Waals surface area contributed by atoms with Gasteiger partial charge in [0.25, 0.3) is 5.91 Å². The summed E-state index contributed by atoms with van der Waals surface area (Å²) in [5.41, 5.74) is 1.58. The molecular weight excluding hydrogens is 364 g/mol. The molecule has 9 heteroatoms. The number of rotatable bonds is 4. The zero-order valence-corrected chi connectivity index (χ0v) is 16.2. The number of hydrogen-bond acceptors (Lipinski definition) is 7. The molecule has 0 unspecified atom stereocenters. The second-order valence-electron chi connectivity index (χ2n) is 6.79. The van der Waals surface area contributed by atoms with E-state index < -0.39 is 23.5 Å². The maximum Gasteiger partial charge on any atom is 0.435 e. The van der Waals surface area contributed by atoms with Gasteiger partial charge in [-0.25, -0.2) is 9.59 Å². The molecule has 0 saturated heterocycles. The number of carbonyl (C=O) groups excluding carboxylic acids is 3. The van der Waals surface area contributed by atoms with E-state index in [1.807, 2.05) is 13.8 Å². The number of fused-ring (bicyclic) bond motifs is 1. The van der Waals surface area contributed by atoms with Gasteiger partial charge in [-0.15, -0.1) is 5.10 Å². The number of esters is 1. The monoisotopic (exact) mass is 386 g/mol. The minimum Gasteiger partial charge on any atom is -0.465 e. The van der Waals surface area contributed by atoms with Crippen LogP contribution in [0.25, 0.3) is 0 Å². The normalized spacial score (nSPS) is 14.3. The standard InChI is InChI=1S/C19H22N4O5/c1-5-28-18(26)23-14-13(10-20-19(14,2)3)15(22-23)21-16(24)11-6-8-12(9-7-11)17(25)27-4/h6-9,20H,5,10H2,1-4H3,(H,21,22,24). The lowest BCUT2D eigenvalue weighted by atomic mass is 10.0. The molecule has 0 aliphatic carbocycles. The lowest BCUT2D eigenvalue weighted by Crippen LogP contribution is -2.34. The third-order valence-corrected chi connectivity index (χ3v) is 4.52. The van der Waals surface area contributed by atoms with Crippen LogP contribution >= 0.6 is 0 Å². The first kappa shape index (κ1) is 19.6. The van der Waals surface area contributed by atoms with E-state index in [-0.39, 0.29) is 6.61 Å².